The van der Waals surface area contributed by atoms with Gasteiger partial charge in [0.25, 0.3) is 5.91 Å². The molecule has 1 aliphatic heterocycles. The van der Waals surface area contributed by atoms with Gasteiger partial charge in [-0.15, -0.1) is 0 Å². The van der Waals surface area contributed by atoms with E-state index in [9.17, 15) is 23.1 Å². The molecule has 0 radical (unpaired) electrons. The van der Waals surface area contributed by atoms with E-state index in [4.69, 9.17) is 0 Å². The van der Waals surface area contributed by atoms with Crippen molar-refractivity contribution in [1.29, 1.82) is 0 Å². The molecule has 2 N–H and O–H groups in total. The molecular weight excluding hydrogens is 380 g/mol. The lowest BCUT2D eigenvalue weighted by Crippen LogP contribution is -2.35. The maximum Gasteiger partial charge on any atom is 0.255 e. The maximum absolute atomic E-state index is 12.8. The summed E-state index contributed by atoms with van der Waals surface area (Å²) in [6, 6.07) is 9.96. The van der Waals surface area contributed by atoms with Crippen molar-refractivity contribution in [3.8, 4) is 5.75 Å². The minimum absolute atomic E-state index is 0.0590. The van der Waals surface area contributed by atoms with E-state index >= 15 is 0 Å². The van der Waals surface area contributed by atoms with Gasteiger partial charge in [-0.3, -0.25) is 9.59 Å². The van der Waals surface area contributed by atoms with Crippen LogP contribution in [0.5, 0.6) is 5.75 Å². The average Bonchev–Trinajstić information content (AvgIpc) is 2.70. The van der Waals surface area contributed by atoms with Gasteiger partial charge < -0.3 is 10.4 Å². The number of rotatable bonds is 5. The molecule has 1 heterocycles. The Kier molecular flexibility index (Phi) is 5.81. The van der Waals surface area contributed by atoms with E-state index in [0.29, 0.717) is 18.7 Å². The van der Waals surface area contributed by atoms with Crippen molar-refractivity contribution in [1.82, 2.24) is 4.31 Å². The van der Waals surface area contributed by atoms with Crippen LogP contribution in [-0.4, -0.2) is 42.6 Å². The first-order valence-electron chi connectivity index (χ1n) is 9.04. The van der Waals surface area contributed by atoms with Gasteiger partial charge in [-0.25, -0.2) is 8.42 Å². The molecule has 0 bridgehead atoms. The number of anilines is 1. The Morgan fingerprint density at radius 2 is 1.71 bits per heavy atom. The Morgan fingerprint density at radius 1 is 1.00 bits per heavy atom. The summed E-state index contributed by atoms with van der Waals surface area (Å²) in [7, 11) is -3.66. The summed E-state index contributed by atoms with van der Waals surface area (Å²) >= 11 is 0. The first kappa shape index (κ1) is 20.0. The van der Waals surface area contributed by atoms with E-state index in [0.717, 1.165) is 19.3 Å². The maximum atomic E-state index is 12.8. The number of phenols is 1. The highest BCUT2D eigenvalue weighted by atomic mass is 32.2. The topological polar surface area (TPSA) is 104 Å². The van der Waals surface area contributed by atoms with Crippen molar-refractivity contribution in [3.63, 3.8) is 0 Å². The van der Waals surface area contributed by atoms with E-state index in [1.54, 1.807) is 0 Å². The zero-order chi connectivity index (χ0) is 20.3. The second-order valence-electron chi connectivity index (χ2n) is 6.73. The summed E-state index contributed by atoms with van der Waals surface area (Å²) in [4.78, 5) is 24.2. The van der Waals surface area contributed by atoms with Crippen LogP contribution in [-0.2, 0) is 10.0 Å². The van der Waals surface area contributed by atoms with Crippen LogP contribution in [0, 0.1) is 0 Å². The van der Waals surface area contributed by atoms with Crippen LogP contribution in [0.25, 0.3) is 0 Å². The van der Waals surface area contributed by atoms with Gasteiger partial charge >= 0.3 is 0 Å². The van der Waals surface area contributed by atoms with Crippen LogP contribution in [0.4, 0.5) is 5.69 Å². The smallest absolute Gasteiger partial charge is 0.255 e. The standard InChI is InChI=1S/C20H22N2O5S/c1-14(23)15-8-9-19(24)18(13-15)21-20(25)16-6-5-7-17(12-16)28(26,27)22-10-3-2-4-11-22/h5-9,12-13,24H,2-4,10-11H2,1H3,(H,21,25). The highest BCUT2D eigenvalue weighted by Crippen LogP contribution is 2.26. The number of amides is 1. The third-order valence-electron chi connectivity index (χ3n) is 4.70. The number of nitrogens with zero attached hydrogens (tertiary/aromatic N) is 1. The summed E-state index contributed by atoms with van der Waals surface area (Å²) in [5.74, 6) is -0.965. The number of hydrogen-bond donors (Lipinski definition) is 2. The molecule has 148 valence electrons. The molecule has 2 aromatic rings. The number of nitrogens with one attached hydrogen (secondary N) is 1. The Balaban J connectivity index is 1.85. The van der Waals surface area contributed by atoms with Gasteiger partial charge in [0, 0.05) is 24.2 Å². The second-order valence-corrected chi connectivity index (χ2v) is 8.67. The molecule has 0 aliphatic carbocycles. The van der Waals surface area contributed by atoms with Gasteiger partial charge in [0.2, 0.25) is 10.0 Å². The average molecular weight is 402 g/mol. The monoisotopic (exact) mass is 402 g/mol. The number of sulfonamides is 1. The number of piperidine rings is 1. The molecule has 0 aromatic heterocycles. The Hall–Kier alpha value is -2.71. The molecule has 0 atom stereocenters. The van der Waals surface area contributed by atoms with Crippen molar-refractivity contribution in [2.75, 3.05) is 18.4 Å². The number of carbonyl (C=O) groups excluding carboxylic acids is 2. The second kappa shape index (κ2) is 8.12. The largest absolute Gasteiger partial charge is 0.506 e. The number of carbonyl (C=O) groups is 2. The number of Topliss-reactive ketones (excluding diaryl/α,β-unsaturated/α-hetero) is 1. The molecule has 1 saturated heterocycles. The van der Waals surface area contributed by atoms with Gasteiger partial charge in [-0.1, -0.05) is 12.5 Å². The van der Waals surface area contributed by atoms with Crippen LogP contribution in [0.2, 0.25) is 0 Å². The number of hydrogen-bond acceptors (Lipinski definition) is 5. The number of aromatic hydroxyl groups is 1. The highest BCUT2D eigenvalue weighted by molar-refractivity contribution is 7.89. The Morgan fingerprint density at radius 3 is 2.39 bits per heavy atom. The third-order valence-corrected chi connectivity index (χ3v) is 6.59. The van der Waals surface area contributed by atoms with Crippen molar-refractivity contribution in [2.45, 2.75) is 31.1 Å². The molecular formula is C20H22N2O5S. The Bertz CT molecular complexity index is 1010. The van der Waals surface area contributed by atoms with Crippen LogP contribution in [0.1, 0.15) is 46.9 Å². The molecule has 0 saturated carbocycles. The fraction of sp³-hybridized carbons (Fsp3) is 0.300. The highest BCUT2D eigenvalue weighted by Gasteiger charge is 2.26. The minimum atomic E-state index is -3.66. The molecule has 8 heteroatoms. The van der Waals surface area contributed by atoms with Crippen molar-refractivity contribution in [2.24, 2.45) is 0 Å². The fourth-order valence-corrected chi connectivity index (χ4v) is 4.67. The SMILES string of the molecule is CC(=O)c1ccc(O)c(NC(=O)c2cccc(S(=O)(=O)N3CCCCC3)c2)c1. The Labute approximate surface area is 164 Å². The molecule has 1 aliphatic rings. The first-order valence-corrected chi connectivity index (χ1v) is 10.5. The summed E-state index contributed by atoms with van der Waals surface area (Å²) in [6.07, 6.45) is 2.66. The van der Waals surface area contributed by atoms with Gasteiger partial charge in [0.15, 0.2) is 5.78 Å². The van der Waals surface area contributed by atoms with Crippen LogP contribution < -0.4 is 5.32 Å². The van der Waals surface area contributed by atoms with Crippen molar-refractivity contribution in [3.05, 3.63) is 53.6 Å². The molecule has 1 amide bonds. The van der Waals surface area contributed by atoms with Crippen molar-refractivity contribution < 1.29 is 23.1 Å². The van der Waals surface area contributed by atoms with Gasteiger partial charge in [0.05, 0.1) is 10.6 Å². The summed E-state index contributed by atoms with van der Waals surface area (Å²) in [6.45, 7) is 2.34. The van der Waals surface area contributed by atoms with Crippen LogP contribution >= 0.6 is 0 Å². The summed E-state index contributed by atoms with van der Waals surface area (Å²) in [5.41, 5.74) is 0.572. The number of phenolic OH excluding ortho intramolecular Hbond substituents is 1. The van der Waals surface area contributed by atoms with E-state index in [2.05, 4.69) is 5.32 Å². The normalized spacial score (nSPS) is 15.2. The number of ketones is 1. The van der Waals surface area contributed by atoms with Gasteiger partial charge in [-0.2, -0.15) is 4.31 Å². The first-order chi connectivity index (χ1) is 13.3. The fourth-order valence-electron chi connectivity index (χ4n) is 3.10. The lowest BCUT2D eigenvalue weighted by Gasteiger charge is -2.26. The predicted molar refractivity (Wildman–Crippen MR) is 105 cm³/mol. The molecule has 1 fully saturated rings. The zero-order valence-electron chi connectivity index (χ0n) is 15.5. The minimum Gasteiger partial charge on any atom is -0.506 e. The van der Waals surface area contributed by atoms with E-state index in [1.165, 1.54) is 53.7 Å². The molecule has 2 aromatic carbocycles. The van der Waals surface area contributed by atoms with E-state index in [-0.39, 0.29) is 27.7 Å². The van der Waals surface area contributed by atoms with E-state index < -0.39 is 15.9 Å². The quantitative estimate of drug-likeness (QED) is 0.591. The predicted octanol–water partition coefficient (Wildman–Crippen LogP) is 3.02. The molecule has 0 spiro atoms. The van der Waals surface area contributed by atoms with Gasteiger partial charge in [0.1, 0.15) is 5.75 Å². The molecule has 7 nitrogen and oxygen atoms in total. The number of benzene rings is 2. The molecule has 0 unspecified atom stereocenters. The van der Waals surface area contributed by atoms with Gasteiger partial charge in [-0.05, 0) is 56.2 Å². The summed E-state index contributed by atoms with van der Waals surface area (Å²) in [5, 5.41) is 12.5. The van der Waals surface area contributed by atoms with Crippen LogP contribution in [0.3, 0.4) is 0 Å². The van der Waals surface area contributed by atoms with Crippen LogP contribution in [0.15, 0.2) is 47.4 Å². The summed E-state index contributed by atoms with van der Waals surface area (Å²) < 4.78 is 27.1. The van der Waals surface area contributed by atoms with Crippen molar-refractivity contribution >= 4 is 27.4 Å². The van der Waals surface area contributed by atoms with E-state index in [1.807, 2.05) is 0 Å². The lowest BCUT2D eigenvalue weighted by molar-refractivity contribution is 0.101. The molecule has 28 heavy (non-hydrogen) atoms. The lowest BCUT2D eigenvalue weighted by atomic mass is 10.1. The molecule has 3 rings (SSSR count). The third kappa shape index (κ3) is 4.23. The zero-order valence-corrected chi connectivity index (χ0v) is 16.3.